The number of hydrogen-bond acceptors (Lipinski definition) is 3. The van der Waals surface area contributed by atoms with Crippen LogP contribution in [-0.2, 0) is 10.5 Å². The van der Waals surface area contributed by atoms with E-state index in [1.807, 2.05) is 6.07 Å². The van der Waals surface area contributed by atoms with Crippen molar-refractivity contribution in [2.24, 2.45) is 0 Å². The minimum atomic E-state index is -0.536. The summed E-state index contributed by atoms with van der Waals surface area (Å²) in [6.45, 7) is 0. The van der Waals surface area contributed by atoms with E-state index in [1.165, 1.54) is 23.9 Å². The Bertz CT molecular complexity index is 1460. The van der Waals surface area contributed by atoms with Crippen molar-refractivity contribution < 1.29 is 14.0 Å². The molecular formula is C29H21Cl2FN2O2S. The van der Waals surface area contributed by atoms with Crippen molar-refractivity contribution >= 4 is 58.5 Å². The summed E-state index contributed by atoms with van der Waals surface area (Å²) in [5.41, 5.74) is 2.03. The molecule has 0 saturated heterocycles. The molecular weight excluding hydrogens is 530 g/mol. The fraction of sp³-hybridized carbons (Fsp3) is 0.0345. The smallest absolute Gasteiger partial charge is 0.272 e. The SMILES string of the molecule is O=C(Nc1cccc(SCc2ccccc2F)c1)/C(=C\c1ccc(Cl)cc1Cl)NC(=O)c1ccccc1. The molecule has 0 aliphatic rings. The molecule has 0 aliphatic heterocycles. The Kier molecular flexibility index (Phi) is 9.01. The minimum absolute atomic E-state index is 0.00230. The summed E-state index contributed by atoms with van der Waals surface area (Å²) >= 11 is 13.8. The summed E-state index contributed by atoms with van der Waals surface area (Å²) in [5, 5.41) is 6.29. The predicted molar refractivity (Wildman–Crippen MR) is 149 cm³/mol. The lowest BCUT2D eigenvalue weighted by atomic mass is 10.1. The molecule has 8 heteroatoms. The maximum absolute atomic E-state index is 14.0. The van der Waals surface area contributed by atoms with Crippen LogP contribution in [0.5, 0.6) is 0 Å². The maximum Gasteiger partial charge on any atom is 0.272 e. The molecule has 4 rings (SSSR count). The zero-order valence-electron chi connectivity index (χ0n) is 19.4. The van der Waals surface area contributed by atoms with Gasteiger partial charge in [-0.15, -0.1) is 11.8 Å². The van der Waals surface area contributed by atoms with Gasteiger partial charge in [0.15, 0.2) is 0 Å². The first-order chi connectivity index (χ1) is 17.9. The molecule has 4 aromatic carbocycles. The van der Waals surface area contributed by atoms with Gasteiger partial charge in [-0.3, -0.25) is 9.59 Å². The largest absolute Gasteiger partial charge is 0.321 e. The average Bonchev–Trinajstić information content (AvgIpc) is 2.90. The van der Waals surface area contributed by atoms with Crippen LogP contribution in [0.1, 0.15) is 21.5 Å². The molecule has 0 saturated carbocycles. The van der Waals surface area contributed by atoms with E-state index in [0.29, 0.717) is 38.2 Å². The predicted octanol–water partition coefficient (Wildman–Crippen LogP) is 7.83. The molecule has 0 aliphatic carbocycles. The lowest BCUT2D eigenvalue weighted by Crippen LogP contribution is -2.30. The quantitative estimate of drug-likeness (QED) is 0.173. The number of nitrogens with one attached hydrogen (secondary N) is 2. The van der Waals surface area contributed by atoms with Gasteiger partial charge in [0.25, 0.3) is 11.8 Å². The van der Waals surface area contributed by atoms with Crippen LogP contribution in [-0.4, -0.2) is 11.8 Å². The first-order valence-corrected chi connectivity index (χ1v) is 12.9. The second-order valence-electron chi connectivity index (χ2n) is 7.91. The van der Waals surface area contributed by atoms with Gasteiger partial charge >= 0.3 is 0 Å². The number of thioether (sulfide) groups is 1. The highest BCUT2D eigenvalue weighted by Crippen LogP contribution is 2.27. The lowest BCUT2D eigenvalue weighted by Gasteiger charge is -2.13. The summed E-state index contributed by atoms with van der Waals surface area (Å²) in [6.07, 6.45) is 1.49. The van der Waals surface area contributed by atoms with E-state index in [1.54, 1.807) is 84.9 Å². The van der Waals surface area contributed by atoms with Crippen molar-refractivity contribution in [3.05, 3.63) is 135 Å². The number of halogens is 3. The van der Waals surface area contributed by atoms with Gasteiger partial charge < -0.3 is 10.6 Å². The third-order valence-corrected chi connectivity index (χ3v) is 6.84. The van der Waals surface area contributed by atoms with Crippen molar-refractivity contribution in [2.45, 2.75) is 10.6 Å². The van der Waals surface area contributed by atoms with E-state index in [-0.39, 0.29) is 11.5 Å². The van der Waals surface area contributed by atoms with Crippen molar-refractivity contribution in [3.63, 3.8) is 0 Å². The summed E-state index contributed by atoms with van der Waals surface area (Å²) in [6, 6.07) is 27.2. The number of carbonyl (C=O) groups is 2. The third kappa shape index (κ3) is 7.46. The Balaban J connectivity index is 1.55. The van der Waals surface area contributed by atoms with Crippen LogP contribution in [0, 0.1) is 5.82 Å². The Morgan fingerprint density at radius 2 is 1.62 bits per heavy atom. The van der Waals surface area contributed by atoms with E-state index in [4.69, 9.17) is 23.2 Å². The first kappa shape index (κ1) is 26.5. The number of anilines is 1. The molecule has 186 valence electrons. The zero-order valence-corrected chi connectivity index (χ0v) is 21.7. The summed E-state index contributed by atoms with van der Waals surface area (Å²) < 4.78 is 14.0. The molecule has 2 N–H and O–H groups in total. The van der Waals surface area contributed by atoms with Crippen molar-refractivity contribution in [3.8, 4) is 0 Å². The third-order valence-electron chi connectivity index (χ3n) is 5.24. The Hall–Kier alpha value is -3.58. The maximum atomic E-state index is 14.0. The van der Waals surface area contributed by atoms with Crippen LogP contribution in [0.25, 0.3) is 6.08 Å². The van der Waals surface area contributed by atoms with Crippen LogP contribution in [0.3, 0.4) is 0 Å². The second kappa shape index (κ2) is 12.6. The van der Waals surface area contributed by atoms with Gasteiger partial charge in [0.1, 0.15) is 11.5 Å². The summed E-state index contributed by atoms with van der Waals surface area (Å²) in [4.78, 5) is 26.9. The van der Waals surface area contributed by atoms with Gasteiger partial charge in [-0.2, -0.15) is 0 Å². The normalized spacial score (nSPS) is 11.2. The fourth-order valence-corrected chi connectivity index (χ4v) is 4.76. The monoisotopic (exact) mass is 550 g/mol. The molecule has 0 spiro atoms. The topological polar surface area (TPSA) is 58.2 Å². The summed E-state index contributed by atoms with van der Waals surface area (Å²) in [7, 11) is 0. The molecule has 2 amide bonds. The Labute approximate surface area is 228 Å². The van der Waals surface area contributed by atoms with Gasteiger partial charge in [-0.1, -0.05) is 71.7 Å². The zero-order chi connectivity index (χ0) is 26.2. The van der Waals surface area contributed by atoms with Crippen LogP contribution >= 0.6 is 35.0 Å². The van der Waals surface area contributed by atoms with Gasteiger partial charge in [-0.05, 0) is 65.7 Å². The van der Waals surface area contributed by atoms with Gasteiger partial charge in [-0.25, -0.2) is 4.39 Å². The van der Waals surface area contributed by atoms with E-state index in [0.717, 1.165) is 4.90 Å². The van der Waals surface area contributed by atoms with Gasteiger partial charge in [0.2, 0.25) is 0 Å². The van der Waals surface area contributed by atoms with E-state index in [9.17, 15) is 14.0 Å². The summed E-state index contributed by atoms with van der Waals surface area (Å²) in [5.74, 6) is -0.797. The average molecular weight is 551 g/mol. The highest BCUT2D eigenvalue weighted by atomic mass is 35.5. The van der Waals surface area contributed by atoms with Crippen molar-refractivity contribution in [2.75, 3.05) is 5.32 Å². The molecule has 0 aromatic heterocycles. The lowest BCUT2D eigenvalue weighted by molar-refractivity contribution is -0.113. The van der Waals surface area contributed by atoms with Crippen LogP contribution in [0.4, 0.5) is 10.1 Å². The molecule has 4 nitrogen and oxygen atoms in total. The van der Waals surface area contributed by atoms with Crippen LogP contribution in [0.2, 0.25) is 10.0 Å². The highest BCUT2D eigenvalue weighted by molar-refractivity contribution is 7.98. The Morgan fingerprint density at radius 3 is 2.38 bits per heavy atom. The number of amides is 2. The molecule has 0 fully saturated rings. The van der Waals surface area contributed by atoms with Gasteiger partial charge in [0, 0.05) is 31.9 Å². The van der Waals surface area contributed by atoms with E-state index in [2.05, 4.69) is 10.6 Å². The van der Waals surface area contributed by atoms with E-state index >= 15 is 0 Å². The van der Waals surface area contributed by atoms with Gasteiger partial charge in [0.05, 0.1) is 0 Å². The second-order valence-corrected chi connectivity index (χ2v) is 9.80. The van der Waals surface area contributed by atoms with Crippen LogP contribution in [0.15, 0.2) is 108 Å². The molecule has 0 heterocycles. The molecule has 0 radical (unpaired) electrons. The Morgan fingerprint density at radius 1 is 0.865 bits per heavy atom. The minimum Gasteiger partial charge on any atom is -0.321 e. The van der Waals surface area contributed by atoms with Crippen molar-refractivity contribution in [1.29, 1.82) is 0 Å². The molecule has 0 bridgehead atoms. The molecule has 0 atom stereocenters. The highest BCUT2D eigenvalue weighted by Gasteiger charge is 2.16. The standard InChI is InChI=1S/C29H21Cl2FN2O2S/c30-22-14-13-20(25(31)16-22)15-27(34-28(35)19-7-2-1-3-8-19)29(36)33-23-10-6-11-24(17-23)37-18-21-9-4-5-12-26(21)32/h1-17H,18H2,(H,33,36)(H,34,35)/b27-15+. The number of hydrogen-bond donors (Lipinski definition) is 2. The number of benzene rings is 4. The molecule has 4 aromatic rings. The van der Waals surface area contributed by atoms with E-state index < -0.39 is 11.8 Å². The molecule has 0 unspecified atom stereocenters. The number of carbonyl (C=O) groups excluding carboxylic acids is 2. The van der Waals surface area contributed by atoms with Crippen molar-refractivity contribution in [1.82, 2.24) is 5.32 Å². The molecule has 37 heavy (non-hydrogen) atoms. The fourth-order valence-electron chi connectivity index (χ4n) is 3.36. The van der Waals surface area contributed by atoms with Crippen LogP contribution < -0.4 is 10.6 Å². The number of rotatable bonds is 8. The first-order valence-electron chi connectivity index (χ1n) is 11.2.